The van der Waals surface area contributed by atoms with Gasteiger partial charge < -0.3 is 24.6 Å². The van der Waals surface area contributed by atoms with E-state index in [0.717, 1.165) is 51.4 Å². The number of unbranched alkanes of at least 4 members (excludes halogenated alkanes) is 18. The fourth-order valence-electron chi connectivity index (χ4n) is 4.87. The average Bonchev–Trinajstić information content (AvgIpc) is 3.04. The molecule has 3 atom stereocenters. The molecule has 3 unspecified atom stereocenters. The number of carbonyl (C=O) groups excluding carboxylic acids is 2. The van der Waals surface area contributed by atoms with Gasteiger partial charge in [0.05, 0.1) is 26.4 Å². The summed E-state index contributed by atoms with van der Waals surface area (Å²) in [4.78, 5) is 34.1. The molecule has 0 spiro atoms. The minimum Gasteiger partial charge on any atom is -0.457 e. The van der Waals surface area contributed by atoms with E-state index >= 15 is 0 Å². The fourth-order valence-corrected chi connectivity index (χ4v) is 5.66. The van der Waals surface area contributed by atoms with Crippen LogP contribution in [0.3, 0.4) is 0 Å². The van der Waals surface area contributed by atoms with E-state index in [9.17, 15) is 29.3 Å². The summed E-state index contributed by atoms with van der Waals surface area (Å²) in [7, 11) is -4.62. The van der Waals surface area contributed by atoms with Gasteiger partial charge in [-0.3, -0.25) is 18.6 Å². The van der Waals surface area contributed by atoms with Crippen LogP contribution in [-0.4, -0.2) is 65.7 Å². The van der Waals surface area contributed by atoms with E-state index in [1.54, 1.807) is 0 Å². The molecular weight excluding hydrogens is 611 g/mol. The first-order valence-electron chi connectivity index (χ1n) is 18.1. The van der Waals surface area contributed by atoms with Gasteiger partial charge in [0.25, 0.3) is 0 Å². The number of aliphatic hydroxyl groups is 2. The van der Waals surface area contributed by atoms with Gasteiger partial charge in [0.2, 0.25) is 0 Å². The van der Waals surface area contributed by atoms with E-state index in [1.807, 2.05) is 0 Å². The van der Waals surface area contributed by atoms with E-state index in [0.29, 0.717) is 12.8 Å². The van der Waals surface area contributed by atoms with Gasteiger partial charge >= 0.3 is 19.8 Å². The standard InChI is InChI=1S/C35H67O10P/c1-3-5-7-9-11-12-13-14-15-16-17-18-19-21-23-25-27-35(39)45-33(29-37)31-43-46(40,41)42-30-32(28-36)44-34(38)26-24-22-20-10-8-6-4-2/h15-16,32-33,36-37H,3-14,17-31H2,1-2H3,(H,40,41)/b16-15-. The Balaban J connectivity index is 3.97. The quantitative estimate of drug-likeness (QED) is 0.0262. The molecule has 0 radical (unpaired) electrons. The highest BCUT2D eigenvalue weighted by Crippen LogP contribution is 2.43. The number of carbonyl (C=O) groups is 2. The number of rotatable bonds is 34. The highest BCUT2D eigenvalue weighted by Gasteiger charge is 2.27. The molecule has 0 aliphatic rings. The van der Waals surface area contributed by atoms with Crippen LogP contribution in [0.2, 0.25) is 0 Å². The Morgan fingerprint density at radius 2 is 0.891 bits per heavy atom. The van der Waals surface area contributed by atoms with Crippen molar-refractivity contribution in [2.24, 2.45) is 0 Å². The third kappa shape index (κ3) is 30.1. The normalized spacial score (nSPS) is 14.3. The van der Waals surface area contributed by atoms with Crippen LogP contribution in [0.15, 0.2) is 12.2 Å². The monoisotopic (exact) mass is 678 g/mol. The minimum atomic E-state index is -4.62. The lowest BCUT2D eigenvalue weighted by molar-refractivity contribution is -0.153. The molecule has 0 amide bonds. The summed E-state index contributed by atoms with van der Waals surface area (Å²) in [5, 5.41) is 19.0. The van der Waals surface area contributed by atoms with E-state index in [-0.39, 0.29) is 12.8 Å². The van der Waals surface area contributed by atoms with Crippen molar-refractivity contribution in [3.8, 4) is 0 Å². The number of phosphoric ester groups is 1. The van der Waals surface area contributed by atoms with Crippen molar-refractivity contribution in [2.45, 2.75) is 174 Å². The van der Waals surface area contributed by atoms with Gasteiger partial charge in [0.1, 0.15) is 12.2 Å². The first kappa shape index (κ1) is 44.7. The molecule has 0 rings (SSSR count). The predicted molar refractivity (Wildman–Crippen MR) is 182 cm³/mol. The van der Waals surface area contributed by atoms with Gasteiger partial charge in [-0.1, -0.05) is 122 Å². The second-order valence-electron chi connectivity index (χ2n) is 12.2. The van der Waals surface area contributed by atoms with Crippen molar-refractivity contribution in [1.82, 2.24) is 0 Å². The van der Waals surface area contributed by atoms with Gasteiger partial charge in [0, 0.05) is 12.8 Å². The van der Waals surface area contributed by atoms with Crippen LogP contribution >= 0.6 is 7.82 Å². The molecule has 0 fully saturated rings. The van der Waals surface area contributed by atoms with Crippen molar-refractivity contribution in [2.75, 3.05) is 26.4 Å². The van der Waals surface area contributed by atoms with E-state index in [2.05, 4.69) is 26.0 Å². The van der Waals surface area contributed by atoms with Crippen LogP contribution in [0.5, 0.6) is 0 Å². The summed E-state index contributed by atoms with van der Waals surface area (Å²) < 4.78 is 32.3. The van der Waals surface area contributed by atoms with Crippen molar-refractivity contribution in [3.05, 3.63) is 12.2 Å². The van der Waals surface area contributed by atoms with Gasteiger partial charge in [-0.25, -0.2) is 4.57 Å². The third-order valence-corrected chi connectivity index (χ3v) is 8.68. The number of allylic oxidation sites excluding steroid dienone is 2. The Morgan fingerprint density at radius 1 is 0.565 bits per heavy atom. The largest absolute Gasteiger partial charge is 0.472 e. The van der Waals surface area contributed by atoms with Crippen LogP contribution in [0, 0.1) is 0 Å². The van der Waals surface area contributed by atoms with Crippen molar-refractivity contribution >= 4 is 19.8 Å². The molecule has 0 aromatic heterocycles. The summed E-state index contributed by atoms with van der Waals surface area (Å²) in [5.74, 6) is -1.03. The number of ether oxygens (including phenoxy) is 2. The van der Waals surface area contributed by atoms with E-state index < -0.39 is 58.4 Å². The molecule has 272 valence electrons. The van der Waals surface area contributed by atoms with Crippen LogP contribution in [0.1, 0.15) is 162 Å². The summed E-state index contributed by atoms with van der Waals surface area (Å²) in [6, 6.07) is 0. The van der Waals surface area contributed by atoms with Gasteiger partial charge in [-0.05, 0) is 38.5 Å². The first-order chi connectivity index (χ1) is 22.3. The number of aliphatic hydroxyl groups excluding tert-OH is 2. The molecule has 10 nitrogen and oxygen atoms in total. The second kappa shape index (κ2) is 32.3. The van der Waals surface area contributed by atoms with Crippen LogP contribution in [0.4, 0.5) is 0 Å². The maximum Gasteiger partial charge on any atom is 0.472 e. The molecule has 0 aliphatic heterocycles. The third-order valence-electron chi connectivity index (χ3n) is 7.73. The Labute approximate surface area is 279 Å². The summed E-state index contributed by atoms with van der Waals surface area (Å²) in [6.45, 7) is 2.12. The molecule has 0 heterocycles. The Hall–Kier alpha value is -1.29. The molecule has 0 saturated carbocycles. The van der Waals surface area contributed by atoms with Crippen molar-refractivity contribution in [3.63, 3.8) is 0 Å². The average molecular weight is 679 g/mol. The van der Waals surface area contributed by atoms with Gasteiger partial charge in [0.15, 0.2) is 0 Å². The Morgan fingerprint density at radius 3 is 1.24 bits per heavy atom. The fraction of sp³-hybridized carbons (Fsp3) is 0.886. The molecule has 0 aliphatic carbocycles. The molecular formula is C35H67O10P. The summed E-state index contributed by atoms with van der Waals surface area (Å²) in [6.07, 6.45) is 26.4. The highest BCUT2D eigenvalue weighted by molar-refractivity contribution is 7.47. The van der Waals surface area contributed by atoms with E-state index in [4.69, 9.17) is 18.5 Å². The molecule has 0 aromatic rings. The van der Waals surface area contributed by atoms with Crippen molar-refractivity contribution in [1.29, 1.82) is 0 Å². The molecule has 0 bridgehead atoms. The predicted octanol–water partition coefficient (Wildman–Crippen LogP) is 8.50. The molecule has 3 N–H and O–H groups in total. The highest BCUT2D eigenvalue weighted by atomic mass is 31.2. The van der Waals surface area contributed by atoms with Crippen LogP contribution in [0.25, 0.3) is 0 Å². The first-order valence-corrected chi connectivity index (χ1v) is 19.6. The van der Waals surface area contributed by atoms with Crippen LogP contribution in [-0.2, 0) is 32.7 Å². The summed E-state index contributed by atoms with van der Waals surface area (Å²) in [5.41, 5.74) is 0. The lowest BCUT2D eigenvalue weighted by Gasteiger charge is -2.20. The van der Waals surface area contributed by atoms with Crippen LogP contribution < -0.4 is 0 Å². The zero-order valence-electron chi connectivity index (χ0n) is 29.0. The zero-order chi connectivity index (χ0) is 34.1. The minimum absolute atomic E-state index is 0.185. The van der Waals surface area contributed by atoms with Gasteiger partial charge in [-0.15, -0.1) is 0 Å². The molecule has 46 heavy (non-hydrogen) atoms. The number of hydrogen-bond acceptors (Lipinski definition) is 9. The SMILES string of the molecule is CCCCCCCCC/C=C\CCCCCCCC(=O)OC(CO)COP(=O)(O)OCC(CO)OC(=O)CCCCCCCCC. The summed E-state index contributed by atoms with van der Waals surface area (Å²) >= 11 is 0. The van der Waals surface area contributed by atoms with Gasteiger partial charge in [-0.2, -0.15) is 0 Å². The smallest absolute Gasteiger partial charge is 0.457 e. The Bertz CT molecular complexity index is 791. The number of esters is 2. The number of phosphoric acid groups is 1. The molecule has 11 heteroatoms. The molecule has 0 saturated heterocycles. The number of hydrogen-bond donors (Lipinski definition) is 3. The lowest BCUT2D eigenvalue weighted by Crippen LogP contribution is -2.28. The van der Waals surface area contributed by atoms with E-state index in [1.165, 1.54) is 70.6 Å². The van der Waals surface area contributed by atoms with Crippen molar-refractivity contribution < 1.29 is 47.8 Å². The maximum atomic E-state index is 12.2. The Kier molecular flexibility index (Phi) is 31.4. The topological polar surface area (TPSA) is 149 Å². The zero-order valence-corrected chi connectivity index (χ0v) is 29.9. The maximum absolute atomic E-state index is 12.2. The lowest BCUT2D eigenvalue weighted by atomic mass is 10.1. The second-order valence-corrected chi connectivity index (χ2v) is 13.7. The molecule has 0 aromatic carbocycles.